The van der Waals surface area contributed by atoms with Gasteiger partial charge in [0.15, 0.2) is 0 Å². The number of carbonyl (C=O) groups excluding carboxylic acids is 2. The molecular formula is C28H30Cl2N2O2S. The molecule has 0 saturated carbocycles. The molecule has 0 spiro atoms. The lowest BCUT2D eigenvalue weighted by molar-refractivity contribution is -0.141. The maximum absolute atomic E-state index is 13.6. The van der Waals surface area contributed by atoms with Crippen molar-refractivity contribution in [1.82, 2.24) is 10.2 Å². The Kier molecular flexibility index (Phi) is 10.5. The van der Waals surface area contributed by atoms with Crippen molar-refractivity contribution in [3.8, 4) is 0 Å². The van der Waals surface area contributed by atoms with E-state index in [4.69, 9.17) is 23.2 Å². The number of benzene rings is 3. The van der Waals surface area contributed by atoms with Crippen LogP contribution in [0.25, 0.3) is 0 Å². The molecule has 7 heteroatoms. The number of halogens is 2. The summed E-state index contributed by atoms with van der Waals surface area (Å²) in [5.41, 5.74) is 1.92. The maximum atomic E-state index is 13.6. The molecule has 0 aliphatic rings. The number of carbonyl (C=O) groups is 2. The highest BCUT2D eigenvalue weighted by Gasteiger charge is 2.30. The number of hydrogen-bond donors (Lipinski definition) is 1. The topological polar surface area (TPSA) is 49.4 Å². The van der Waals surface area contributed by atoms with Crippen LogP contribution in [-0.2, 0) is 22.6 Å². The fourth-order valence-electron chi connectivity index (χ4n) is 3.65. The second-order valence-electron chi connectivity index (χ2n) is 8.57. The van der Waals surface area contributed by atoms with Crippen LogP contribution in [0.4, 0.5) is 0 Å². The molecule has 2 amide bonds. The lowest BCUT2D eigenvalue weighted by Gasteiger charge is -2.32. The Balaban J connectivity index is 1.83. The first kappa shape index (κ1) is 27.1. The molecule has 0 heterocycles. The van der Waals surface area contributed by atoms with E-state index in [0.717, 1.165) is 16.0 Å². The van der Waals surface area contributed by atoms with Crippen LogP contribution < -0.4 is 5.32 Å². The summed E-state index contributed by atoms with van der Waals surface area (Å²) in [7, 11) is 0. The van der Waals surface area contributed by atoms with Gasteiger partial charge in [-0.3, -0.25) is 9.59 Å². The zero-order valence-electron chi connectivity index (χ0n) is 19.9. The van der Waals surface area contributed by atoms with Gasteiger partial charge >= 0.3 is 0 Å². The fraction of sp³-hybridized carbons (Fsp3) is 0.286. The molecule has 0 unspecified atom stereocenters. The van der Waals surface area contributed by atoms with Crippen molar-refractivity contribution in [2.24, 2.45) is 0 Å². The molecule has 3 rings (SSSR count). The molecule has 3 aromatic carbocycles. The molecular weight excluding hydrogens is 499 g/mol. The first-order chi connectivity index (χ1) is 16.8. The molecule has 184 valence electrons. The number of hydrogen-bond acceptors (Lipinski definition) is 3. The van der Waals surface area contributed by atoms with Gasteiger partial charge < -0.3 is 10.2 Å². The first-order valence-electron chi connectivity index (χ1n) is 11.6. The third-order valence-electron chi connectivity index (χ3n) is 5.37. The molecule has 4 nitrogen and oxygen atoms in total. The van der Waals surface area contributed by atoms with Crippen LogP contribution in [0.15, 0.2) is 83.8 Å². The molecule has 35 heavy (non-hydrogen) atoms. The van der Waals surface area contributed by atoms with Crippen molar-refractivity contribution < 1.29 is 9.59 Å². The number of amides is 2. The Morgan fingerprint density at radius 1 is 0.857 bits per heavy atom. The van der Waals surface area contributed by atoms with E-state index in [-0.39, 0.29) is 17.9 Å². The zero-order valence-corrected chi connectivity index (χ0v) is 22.2. The SMILES string of the molecule is CC(C)NC(=O)[C@@H](Cc1ccccc1)N(Cc1ccc(Cl)cc1)C(=O)CCSc1ccc(Cl)cc1. The predicted octanol–water partition coefficient (Wildman–Crippen LogP) is 6.64. The zero-order chi connectivity index (χ0) is 25.2. The predicted molar refractivity (Wildman–Crippen MR) is 146 cm³/mol. The van der Waals surface area contributed by atoms with Gasteiger partial charge in [-0.05, 0) is 61.4 Å². The van der Waals surface area contributed by atoms with Gasteiger partial charge in [0.05, 0.1) is 0 Å². The number of rotatable bonds is 11. The second kappa shape index (κ2) is 13.6. The van der Waals surface area contributed by atoms with E-state index in [1.54, 1.807) is 28.8 Å². The monoisotopic (exact) mass is 528 g/mol. The van der Waals surface area contributed by atoms with E-state index < -0.39 is 6.04 Å². The number of nitrogens with one attached hydrogen (secondary N) is 1. The smallest absolute Gasteiger partial charge is 0.243 e. The molecule has 0 saturated heterocycles. The maximum Gasteiger partial charge on any atom is 0.243 e. The normalized spacial score (nSPS) is 11.8. The summed E-state index contributed by atoms with van der Waals surface area (Å²) >= 11 is 13.6. The van der Waals surface area contributed by atoms with Gasteiger partial charge in [-0.2, -0.15) is 0 Å². The Bertz CT molecular complexity index is 1090. The lowest BCUT2D eigenvalue weighted by atomic mass is 10.0. The Labute approximate surface area is 222 Å². The molecule has 0 aliphatic heterocycles. The summed E-state index contributed by atoms with van der Waals surface area (Å²) in [5.74, 6) is 0.374. The van der Waals surface area contributed by atoms with E-state index >= 15 is 0 Å². The standard InChI is InChI=1S/C28H30Cl2N2O2S/c1-20(2)31-28(34)26(18-21-6-4-3-5-7-21)32(19-22-8-10-23(29)11-9-22)27(33)16-17-35-25-14-12-24(30)13-15-25/h3-15,20,26H,16-19H2,1-2H3,(H,31,34)/t26-/m1/s1. The van der Waals surface area contributed by atoms with E-state index in [9.17, 15) is 9.59 Å². The van der Waals surface area contributed by atoms with Gasteiger partial charge in [-0.25, -0.2) is 0 Å². The van der Waals surface area contributed by atoms with Gasteiger partial charge in [-0.1, -0.05) is 65.7 Å². The third-order valence-corrected chi connectivity index (χ3v) is 6.88. The van der Waals surface area contributed by atoms with Gasteiger partial charge in [0.25, 0.3) is 0 Å². The second-order valence-corrected chi connectivity index (χ2v) is 10.6. The fourth-order valence-corrected chi connectivity index (χ4v) is 4.74. The molecule has 1 atom stereocenters. The quantitative estimate of drug-likeness (QED) is 0.283. The highest BCUT2D eigenvalue weighted by molar-refractivity contribution is 7.99. The van der Waals surface area contributed by atoms with Gasteiger partial charge in [0.1, 0.15) is 6.04 Å². The first-order valence-corrected chi connectivity index (χ1v) is 13.3. The molecule has 1 N–H and O–H groups in total. The van der Waals surface area contributed by atoms with Crippen molar-refractivity contribution in [3.63, 3.8) is 0 Å². The van der Waals surface area contributed by atoms with Crippen LogP contribution in [0, 0.1) is 0 Å². The van der Waals surface area contributed by atoms with Crippen LogP contribution in [-0.4, -0.2) is 34.6 Å². The Morgan fingerprint density at radius 3 is 2.06 bits per heavy atom. The van der Waals surface area contributed by atoms with E-state index in [0.29, 0.717) is 35.2 Å². The van der Waals surface area contributed by atoms with Crippen LogP contribution in [0.5, 0.6) is 0 Å². The Hall–Kier alpha value is -2.47. The molecule has 0 radical (unpaired) electrons. The van der Waals surface area contributed by atoms with E-state index in [1.807, 2.05) is 80.6 Å². The van der Waals surface area contributed by atoms with Gasteiger partial charge in [0, 0.05) is 46.1 Å². The van der Waals surface area contributed by atoms with Crippen molar-refractivity contribution in [2.45, 2.75) is 50.2 Å². The van der Waals surface area contributed by atoms with E-state index in [2.05, 4.69) is 5.32 Å². The number of nitrogens with zero attached hydrogens (tertiary/aromatic N) is 1. The Morgan fingerprint density at radius 2 is 1.46 bits per heavy atom. The van der Waals surface area contributed by atoms with Crippen molar-refractivity contribution in [3.05, 3.63) is 100 Å². The minimum Gasteiger partial charge on any atom is -0.352 e. The van der Waals surface area contributed by atoms with Crippen LogP contribution in [0.2, 0.25) is 10.0 Å². The summed E-state index contributed by atoms with van der Waals surface area (Å²) in [6, 6.07) is 24.1. The van der Waals surface area contributed by atoms with Crippen LogP contribution in [0.3, 0.4) is 0 Å². The summed E-state index contributed by atoms with van der Waals surface area (Å²) < 4.78 is 0. The summed E-state index contributed by atoms with van der Waals surface area (Å²) in [4.78, 5) is 29.6. The minimum absolute atomic E-state index is 0.0336. The summed E-state index contributed by atoms with van der Waals surface area (Å²) in [5, 5.41) is 4.32. The molecule has 0 aromatic heterocycles. The minimum atomic E-state index is -0.636. The summed E-state index contributed by atoms with van der Waals surface area (Å²) in [6.07, 6.45) is 0.740. The molecule has 0 bridgehead atoms. The summed E-state index contributed by atoms with van der Waals surface area (Å²) in [6.45, 7) is 4.17. The van der Waals surface area contributed by atoms with Crippen molar-refractivity contribution in [1.29, 1.82) is 0 Å². The highest BCUT2D eigenvalue weighted by atomic mass is 35.5. The number of thioether (sulfide) groups is 1. The van der Waals surface area contributed by atoms with Crippen LogP contribution in [0.1, 0.15) is 31.4 Å². The average Bonchev–Trinajstić information content (AvgIpc) is 2.84. The van der Waals surface area contributed by atoms with Crippen molar-refractivity contribution in [2.75, 3.05) is 5.75 Å². The highest BCUT2D eigenvalue weighted by Crippen LogP contribution is 2.23. The largest absolute Gasteiger partial charge is 0.352 e. The van der Waals surface area contributed by atoms with Gasteiger partial charge in [0.2, 0.25) is 11.8 Å². The third kappa shape index (κ3) is 8.92. The van der Waals surface area contributed by atoms with Crippen LogP contribution >= 0.6 is 35.0 Å². The average molecular weight is 530 g/mol. The lowest BCUT2D eigenvalue weighted by Crippen LogP contribution is -2.51. The molecule has 0 fully saturated rings. The molecule has 0 aliphatic carbocycles. The van der Waals surface area contributed by atoms with E-state index in [1.165, 1.54) is 0 Å². The molecule has 3 aromatic rings. The van der Waals surface area contributed by atoms with Crippen molar-refractivity contribution >= 4 is 46.8 Å². The van der Waals surface area contributed by atoms with Gasteiger partial charge in [-0.15, -0.1) is 11.8 Å².